The van der Waals surface area contributed by atoms with Crippen molar-refractivity contribution in [3.05, 3.63) is 23.8 Å². The summed E-state index contributed by atoms with van der Waals surface area (Å²) in [5.41, 5.74) is 0.978. The quantitative estimate of drug-likeness (QED) is 0.779. The number of carbonyl (C=O) groups is 2. The van der Waals surface area contributed by atoms with E-state index in [9.17, 15) is 9.59 Å². The summed E-state index contributed by atoms with van der Waals surface area (Å²) in [6.45, 7) is 3.73. The van der Waals surface area contributed by atoms with Gasteiger partial charge < -0.3 is 19.3 Å². The zero-order valence-electron chi connectivity index (χ0n) is 16.7. The van der Waals surface area contributed by atoms with Crippen LogP contribution < -0.4 is 9.47 Å². The summed E-state index contributed by atoms with van der Waals surface area (Å²) in [5.74, 6) is 2.10. The molecule has 1 aliphatic carbocycles. The van der Waals surface area contributed by atoms with Crippen LogP contribution in [0.15, 0.2) is 18.2 Å². The van der Waals surface area contributed by atoms with Crippen molar-refractivity contribution in [1.82, 2.24) is 9.80 Å². The second kappa shape index (κ2) is 8.41. The minimum atomic E-state index is -0.324. The van der Waals surface area contributed by atoms with E-state index in [1.165, 1.54) is 32.1 Å². The standard InChI is InChI=1S/C22H30N2O4/c1-16(25)24-12-6-10-19(24)22(26)23(13-17-7-3-2-4-8-17)14-18-9-5-11-20-21(18)28-15-27-20/h5,9,11,17,19H,2-4,6-8,10,12-15H2,1H3/t19-/m1/s1. The highest BCUT2D eigenvalue weighted by atomic mass is 16.7. The van der Waals surface area contributed by atoms with Gasteiger partial charge in [-0.15, -0.1) is 0 Å². The van der Waals surface area contributed by atoms with Crippen LogP contribution in [0.5, 0.6) is 11.5 Å². The Morgan fingerprint density at radius 3 is 2.71 bits per heavy atom. The van der Waals surface area contributed by atoms with Crippen LogP contribution >= 0.6 is 0 Å². The monoisotopic (exact) mass is 386 g/mol. The van der Waals surface area contributed by atoms with Gasteiger partial charge >= 0.3 is 0 Å². The summed E-state index contributed by atoms with van der Waals surface area (Å²) >= 11 is 0. The van der Waals surface area contributed by atoms with Crippen molar-refractivity contribution in [2.24, 2.45) is 5.92 Å². The molecule has 0 N–H and O–H groups in total. The summed E-state index contributed by atoms with van der Waals surface area (Å²) in [7, 11) is 0. The summed E-state index contributed by atoms with van der Waals surface area (Å²) in [6.07, 6.45) is 7.79. The number of amides is 2. The number of hydrogen-bond donors (Lipinski definition) is 0. The molecule has 6 nitrogen and oxygen atoms in total. The van der Waals surface area contributed by atoms with Gasteiger partial charge in [-0.2, -0.15) is 0 Å². The summed E-state index contributed by atoms with van der Waals surface area (Å²) < 4.78 is 11.2. The second-order valence-electron chi connectivity index (χ2n) is 8.24. The molecule has 1 aromatic carbocycles. The fourth-order valence-corrected chi connectivity index (χ4v) is 4.85. The topological polar surface area (TPSA) is 59.1 Å². The van der Waals surface area contributed by atoms with Crippen LogP contribution in [0.4, 0.5) is 0 Å². The van der Waals surface area contributed by atoms with Gasteiger partial charge in [-0.25, -0.2) is 0 Å². The third-order valence-electron chi connectivity index (χ3n) is 6.30. The molecule has 3 aliphatic rings. The van der Waals surface area contributed by atoms with Crippen LogP contribution in [0, 0.1) is 5.92 Å². The predicted molar refractivity (Wildman–Crippen MR) is 105 cm³/mol. The average Bonchev–Trinajstić information content (AvgIpc) is 3.37. The number of benzene rings is 1. The fourth-order valence-electron chi connectivity index (χ4n) is 4.85. The molecule has 0 radical (unpaired) electrons. The minimum absolute atomic E-state index is 0.00852. The molecular formula is C22H30N2O4. The van der Waals surface area contributed by atoms with Crippen molar-refractivity contribution in [1.29, 1.82) is 0 Å². The Kier molecular flexibility index (Phi) is 5.74. The van der Waals surface area contributed by atoms with Crippen LogP contribution in [-0.4, -0.2) is 47.5 Å². The average molecular weight is 386 g/mol. The molecule has 2 aliphatic heterocycles. The molecule has 4 rings (SSSR count). The van der Waals surface area contributed by atoms with E-state index in [0.717, 1.165) is 36.4 Å². The molecule has 2 fully saturated rings. The first kappa shape index (κ1) is 19.1. The van der Waals surface area contributed by atoms with Crippen LogP contribution in [-0.2, 0) is 16.1 Å². The number of ether oxygens (including phenoxy) is 2. The molecule has 1 aromatic rings. The maximum Gasteiger partial charge on any atom is 0.245 e. The molecule has 1 saturated carbocycles. The van der Waals surface area contributed by atoms with E-state index >= 15 is 0 Å². The van der Waals surface area contributed by atoms with E-state index in [-0.39, 0.29) is 24.6 Å². The molecule has 1 atom stereocenters. The Bertz CT molecular complexity index is 729. The third kappa shape index (κ3) is 3.96. The maximum absolute atomic E-state index is 13.5. The van der Waals surface area contributed by atoms with E-state index in [0.29, 0.717) is 19.0 Å². The minimum Gasteiger partial charge on any atom is -0.454 e. The van der Waals surface area contributed by atoms with Gasteiger partial charge in [0.05, 0.1) is 0 Å². The van der Waals surface area contributed by atoms with Gasteiger partial charge in [-0.05, 0) is 37.7 Å². The van der Waals surface area contributed by atoms with Crippen LogP contribution in [0.1, 0.15) is 57.4 Å². The van der Waals surface area contributed by atoms with Gasteiger partial charge in [0.1, 0.15) is 6.04 Å². The fraction of sp³-hybridized carbons (Fsp3) is 0.636. The second-order valence-corrected chi connectivity index (χ2v) is 8.24. The van der Waals surface area contributed by atoms with Crippen molar-refractivity contribution >= 4 is 11.8 Å². The maximum atomic E-state index is 13.5. The van der Waals surface area contributed by atoms with Crippen molar-refractivity contribution in [3.8, 4) is 11.5 Å². The van der Waals surface area contributed by atoms with Crippen molar-refractivity contribution in [2.45, 2.75) is 64.5 Å². The van der Waals surface area contributed by atoms with Crippen molar-refractivity contribution in [3.63, 3.8) is 0 Å². The molecule has 6 heteroatoms. The van der Waals surface area contributed by atoms with Gasteiger partial charge in [-0.3, -0.25) is 9.59 Å². The number of nitrogens with zero attached hydrogens (tertiary/aromatic N) is 2. The zero-order chi connectivity index (χ0) is 19.5. The number of para-hydroxylation sites is 1. The molecule has 1 saturated heterocycles. The van der Waals surface area contributed by atoms with E-state index in [1.54, 1.807) is 11.8 Å². The van der Waals surface area contributed by atoms with Crippen molar-refractivity contribution in [2.75, 3.05) is 19.9 Å². The van der Waals surface area contributed by atoms with Crippen LogP contribution in [0.25, 0.3) is 0 Å². The molecule has 0 bridgehead atoms. The normalized spacial score (nSPS) is 21.8. The SMILES string of the molecule is CC(=O)N1CCC[C@@H]1C(=O)N(Cc1cccc2c1OCO2)CC1CCCCC1. The predicted octanol–water partition coefficient (Wildman–Crippen LogP) is 3.34. The lowest BCUT2D eigenvalue weighted by atomic mass is 9.88. The summed E-state index contributed by atoms with van der Waals surface area (Å²) in [5, 5.41) is 0. The highest BCUT2D eigenvalue weighted by Crippen LogP contribution is 2.36. The first-order valence-electron chi connectivity index (χ1n) is 10.6. The largest absolute Gasteiger partial charge is 0.454 e. The zero-order valence-corrected chi connectivity index (χ0v) is 16.7. The molecule has 2 amide bonds. The van der Waals surface area contributed by atoms with E-state index in [1.807, 2.05) is 23.1 Å². The van der Waals surface area contributed by atoms with E-state index in [4.69, 9.17) is 9.47 Å². The first-order valence-corrected chi connectivity index (χ1v) is 10.6. The Morgan fingerprint density at radius 1 is 1.11 bits per heavy atom. The number of hydrogen-bond acceptors (Lipinski definition) is 4. The lowest BCUT2D eigenvalue weighted by molar-refractivity contribution is -0.143. The smallest absolute Gasteiger partial charge is 0.245 e. The molecule has 0 unspecified atom stereocenters. The van der Waals surface area contributed by atoms with Crippen LogP contribution in [0.2, 0.25) is 0 Å². The van der Waals surface area contributed by atoms with Gasteiger partial charge in [-0.1, -0.05) is 31.4 Å². The number of fused-ring (bicyclic) bond motifs is 1. The van der Waals surface area contributed by atoms with E-state index < -0.39 is 0 Å². The third-order valence-corrected chi connectivity index (χ3v) is 6.30. The highest BCUT2D eigenvalue weighted by molar-refractivity contribution is 5.87. The van der Waals surface area contributed by atoms with Gasteiger partial charge in [0.15, 0.2) is 11.5 Å². The van der Waals surface area contributed by atoms with Gasteiger partial charge in [0, 0.05) is 32.1 Å². The first-order chi connectivity index (χ1) is 13.6. The summed E-state index contributed by atoms with van der Waals surface area (Å²) in [6, 6.07) is 5.53. The molecule has 152 valence electrons. The number of likely N-dealkylation sites (tertiary alicyclic amines) is 1. The highest BCUT2D eigenvalue weighted by Gasteiger charge is 2.36. The summed E-state index contributed by atoms with van der Waals surface area (Å²) in [4.78, 5) is 29.2. The number of carbonyl (C=O) groups excluding carboxylic acids is 2. The van der Waals surface area contributed by atoms with E-state index in [2.05, 4.69) is 0 Å². The van der Waals surface area contributed by atoms with Crippen molar-refractivity contribution < 1.29 is 19.1 Å². The van der Waals surface area contributed by atoms with Crippen LogP contribution in [0.3, 0.4) is 0 Å². The van der Waals surface area contributed by atoms with Gasteiger partial charge in [0.25, 0.3) is 0 Å². The molecular weight excluding hydrogens is 356 g/mol. The lowest BCUT2D eigenvalue weighted by Crippen LogP contribution is -2.48. The molecule has 0 spiro atoms. The number of rotatable bonds is 5. The Morgan fingerprint density at radius 2 is 1.93 bits per heavy atom. The molecule has 2 heterocycles. The Balaban J connectivity index is 1.56. The Labute approximate surface area is 166 Å². The molecule has 0 aromatic heterocycles. The van der Waals surface area contributed by atoms with Gasteiger partial charge in [0.2, 0.25) is 18.6 Å². The lowest BCUT2D eigenvalue weighted by Gasteiger charge is -2.34. The Hall–Kier alpha value is -2.24. The molecule has 28 heavy (non-hydrogen) atoms.